The lowest BCUT2D eigenvalue weighted by molar-refractivity contribution is 0.0603. The number of ether oxygens (including phenoxy) is 4. The second-order valence-corrected chi connectivity index (χ2v) is 8.23. The Labute approximate surface area is 199 Å². The van der Waals surface area contributed by atoms with E-state index in [4.69, 9.17) is 24.0 Å². The molecule has 2 aromatic heterocycles. The van der Waals surface area contributed by atoms with Gasteiger partial charge in [0, 0.05) is 49.3 Å². The lowest BCUT2D eigenvalue weighted by Crippen LogP contribution is -2.21. The number of hydrogen-bond donors (Lipinski definition) is 2. The summed E-state index contributed by atoms with van der Waals surface area (Å²) in [6.45, 7) is 6.57. The molecule has 4 rings (SSSR count). The van der Waals surface area contributed by atoms with Gasteiger partial charge in [0.2, 0.25) is 11.7 Å². The van der Waals surface area contributed by atoms with E-state index >= 15 is 0 Å². The predicted molar refractivity (Wildman–Crippen MR) is 130 cm³/mol. The van der Waals surface area contributed by atoms with Gasteiger partial charge in [-0.05, 0) is 38.7 Å². The van der Waals surface area contributed by atoms with E-state index in [0.717, 1.165) is 49.7 Å². The fourth-order valence-corrected chi connectivity index (χ4v) is 4.03. The highest BCUT2D eigenvalue weighted by Crippen LogP contribution is 2.40. The molecule has 1 saturated heterocycles. The van der Waals surface area contributed by atoms with Crippen LogP contribution in [0.2, 0.25) is 0 Å². The van der Waals surface area contributed by atoms with Crippen molar-refractivity contribution in [2.24, 2.45) is 5.92 Å². The van der Waals surface area contributed by atoms with E-state index in [1.165, 1.54) is 0 Å². The minimum Gasteiger partial charge on any atom is -0.493 e. The molecule has 0 atom stereocenters. The summed E-state index contributed by atoms with van der Waals surface area (Å²) in [5, 5.41) is 11.4. The molecule has 2 N–H and O–H groups in total. The summed E-state index contributed by atoms with van der Waals surface area (Å²) in [6.07, 6.45) is 3.80. The van der Waals surface area contributed by atoms with Crippen molar-refractivity contribution < 1.29 is 18.9 Å². The standard InChI is InChI=1S/C24H32N6O4/c1-15-16(2)29-30(14-17-7-10-34-11-8-17)23(15)27-21-6-9-25-24(28-21)26-18-12-19(31-3)22(33-5)20(13-18)32-4/h6,9,12-13,17H,7-8,10-11,14H2,1-5H3,(H2,25,26,27,28). The Morgan fingerprint density at radius 3 is 2.38 bits per heavy atom. The number of rotatable bonds is 9. The molecule has 34 heavy (non-hydrogen) atoms. The summed E-state index contributed by atoms with van der Waals surface area (Å²) in [4.78, 5) is 9.01. The molecule has 182 valence electrons. The van der Waals surface area contributed by atoms with Gasteiger partial charge in [0.25, 0.3) is 0 Å². The summed E-state index contributed by atoms with van der Waals surface area (Å²) in [5.41, 5.74) is 2.81. The number of nitrogens with zero attached hydrogens (tertiary/aromatic N) is 4. The molecule has 0 saturated carbocycles. The second kappa shape index (κ2) is 10.6. The molecule has 0 radical (unpaired) electrons. The molecule has 0 amide bonds. The molecule has 0 unspecified atom stereocenters. The lowest BCUT2D eigenvalue weighted by Gasteiger charge is -2.23. The molecule has 3 heterocycles. The van der Waals surface area contributed by atoms with Gasteiger partial charge in [0.05, 0.1) is 27.0 Å². The molecule has 0 aliphatic carbocycles. The van der Waals surface area contributed by atoms with Gasteiger partial charge in [-0.2, -0.15) is 10.1 Å². The smallest absolute Gasteiger partial charge is 0.229 e. The van der Waals surface area contributed by atoms with Gasteiger partial charge in [-0.25, -0.2) is 9.67 Å². The van der Waals surface area contributed by atoms with Crippen LogP contribution in [0.4, 0.5) is 23.3 Å². The van der Waals surface area contributed by atoms with Crippen LogP contribution in [0, 0.1) is 19.8 Å². The van der Waals surface area contributed by atoms with Crippen molar-refractivity contribution >= 4 is 23.3 Å². The molecule has 1 aliphatic heterocycles. The Hall–Kier alpha value is -3.53. The number of nitrogens with one attached hydrogen (secondary N) is 2. The molecule has 3 aromatic rings. The third-order valence-corrected chi connectivity index (χ3v) is 6.02. The quantitative estimate of drug-likeness (QED) is 0.477. The first-order chi connectivity index (χ1) is 16.5. The summed E-state index contributed by atoms with van der Waals surface area (Å²) < 4.78 is 23.8. The zero-order chi connectivity index (χ0) is 24.1. The zero-order valence-corrected chi connectivity index (χ0v) is 20.3. The maximum atomic E-state index is 5.50. The highest BCUT2D eigenvalue weighted by molar-refractivity contribution is 5.66. The first kappa shape index (κ1) is 23.6. The van der Waals surface area contributed by atoms with Crippen LogP contribution in [-0.4, -0.2) is 54.3 Å². The molecular weight excluding hydrogens is 436 g/mol. The number of anilines is 4. The minimum atomic E-state index is 0.434. The summed E-state index contributed by atoms with van der Waals surface area (Å²) >= 11 is 0. The van der Waals surface area contributed by atoms with Crippen LogP contribution in [0.1, 0.15) is 24.1 Å². The van der Waals surface area contributed by atoms with Crippen LogP contribution in [0.3, 0.4) is 0 Å². The van der Waals surface area contributed by atoms with Gasteiger partial charge in [-0.15, -0.1) is 0 Å². The Bertz CT molecular complexity index is 1100. The van der Waals surface area contributed by atoms with Gasteiger partial charge in [0.1, 0.15) is 11.6 Å². The van der Waals surface area contributed by atoms with E-state index in [2.05, 4.69) is 32.2 Å². The summed E-state index contributed by atoms with van der Waals surface area (Å²) in [5.74, 6) is 4.21. The number of aryl methyl sites for hydroxylation is 1. The van der Waals surface area contributed by atoms with Crippen LogP contribution < -0.4 is 24.8 Å². The normalized spacial score (nSPS) is 14.0. The number of benzene rings is 1. The SMILES string of the molecule is COc1cc(Nc2nccc(Nc3c(C)c(C)nn3CC3CCOCC3)n2)cc(OC)c1OC. The topological polar surface area (TPSA) is 105 Å². The number of hydrogen-bond acceptors (Lipinski definition) is 9. The van der Waals surface area contributed by atoms with Crippen molar-refractivity contribution in [1.82, 2.24) is 19.7 Å². The first-order valence-electron chi connectivity index (χ1n) is 11.3. The average molecular weight is 469 g/mol. The molecule has 10 nitrogen and oxygen atoms in total. The van der Waals surface area contributed by atoms with E-state index in [1.54, 1.807) is 39.7 Å². The van der Waals surface area contributed by atoms with Crippen molar-refractivity contribution in [3.8, 4) is 17.2 Å². The average Bonchev–Trinajstić information content (AvgIpc) is 3.11. The van der Waals surface area contributed by atoms with E-state index in [9.17, 15) is 0 Å². The van der Waals surface area contributed by atoms with Gasteiger partial charge < -0.3 is 29.6 Å². The molecule has 0 spiro atoms. The monoisotopic (exact) mass is 468 g/mol. The highest BCUT2D eigenvalue weighted by Gasteiger charge is 2.19. The minimum absolute atomic E-state index is 0.434. The molecule has 1 aliphatic rings. The highest BCUT2D eigenvalue weighted by atomic mass is 16.5. The Morgan fingerprint density at radius 1 is 1.03 bits per heavy atom. The van der Waals surface area contributed by atoms with Crippen molar-refractivity contribution in [2.75, 3.05) is 45.2 Å². The molecule has 1 fully saturated rings. The summed E-state index contributed by atoms with van der Waals surface area (Å²) in [7, 11) is 4.73. The van der Waals surface area contributed by atoms with Crippen LogP contribution in [0.5, 0.6) is 17.2 Å². The van der Waals surface area contributed by atoms with E-state index < -0.39 is 0 Å². The Balaban J connectivity index is 1.55. The maximum absolute atomic E-state index is 5.50. The van der Waals surface area contributed by atoms with Crippen molar-refractivity contribution in [2.45, 2.75) is 33.2 Å². The van der Waals surface area contributed by atoms with Gasteiger partial charge >= 0.3 is 0 Å². The third-order valence-electron chi connectivity index (χ3n) is 6.02. The zero-order valence-electron chi connectivity index (χ0n) is 20.3. The predicted octanol–water partition coefficient (Wildman–Crippen LogP) is 4.23. The van der Waals surface area contributed by atoms with E-state index in [1.807, 2.05) is 13.0 Å². The van der Waals surface area contributed by atoms with Crippen LogP contribution in [0.25, 0.3) is 0 Å². The fourth-order valence-electron chi connectivity index (χ4n) is 4.03. The van der Waals surface area contributed by atoms with Gasteiger partial charge in [0.15, 0.2) is 11.5 Å². The summed E-state index contributed by atoms with van der Waals surface area (Å²) in [6, 6.07) is 5.45. The Kier molecular flexibility index (Phi) is 7.36. The van der Waals surface area contributed by atoms with Crippen molar-refractivity contribution in [3.63, 3.8) is 0 Å². The molecule has 0 bridgehead atoms. The first-order valence-corrected chi connectivity index (χ1v) is 11.3. The fraction of sp³-hybridized carbons (Fsp3) is 0.458. The van der Waals surface area contributed by atoms with E-state index in [0.29, 0.717) is 40.6 Å². The third kappa shape index (κ3) is 5.17. The molecular formula is C24H32N6O4. The van der Waals surface area contributed by atoms with Gasteiger partial charge in [-0.1, -0.05) is 0 Å². The maximum Gasteiger partial charge on any atom is 0.229 e. The van der Waals surface area contributed by atoms with E-state index in [-0.39, 0.29) is 0 Å². The Morgan fingerprint density at radius 2 is 1.74 bits per heavy atom. The van der Waals surface area contributed by atoms with Crippen molar-refractivity contribution in [1.29, 1.82) is 0 Å². The second-order valence-electron chi connectivity index (χ2n) is 8.23. The van der Waals surface area contributed by atoms with Crippen LogP contribution in [-0.2, 0) is 11.3 Å². The van der Waals surface area contributed by atoms with Crippen LogP contribution in [0.15, 0.2) is 24.4 Å². The number of aromatic nitrogens is 4. The molecule has 1 aromatic carbocycles. The van der Waals surface area contributed by atoms with Crippen LogP contribution >= 0.6 is 0 Å². The lowest BCUT2D eigenvalue weighted by atomic mass is 10.0. The molecule has 10 heteroatoms. The van der Waals surface area contributed by atoms with Crippen molar-refractivity contribution in [3.05, 3.63) is 35.7 Å². The van der Waals surface area contributed by atoms with Gasteiger partial charge in [-0.3, -0.25) is 0 Å². The number of methoxy groups -OCH3 is 3. The largest absolute Gasteiger partial charge is 0.493 e.